The van der Waals surface area contributed by atoms with E-state index in [0.29, 0.717) is 18.1 Å². The first-order valence-corrected chi connectivity index (χ1v) is 8.37. The van der Waals surface area contributed by atoms with Crippen LogP contribution in [0.1, 0.15) is 22.3 Å². The van der Waals surface area contributed by atoms with Crippen LogP contribution in [0, 0.1) is 6.92 Å². The first-order valence-electron chi connectivity index (χ1n) is 6.88. The minimum atomic E-state index is -0.973. The Hall–Kier alpha value is -1.65. The summed E-state index contributed by atoms with van der Waals surface area (Å²) in [6.45, 7) is 2.52. The van der Waals surface area contributed by atoms with Crippen molar-refractivity contribution in [3.05, 3.63) is 64.7 Å². The Labute approximate surface area is 128 Å². The van der Waals surface area contributed by atoms with E-state index >= 15 is 0 Å². The molecule has 3 nitrogen and oxygen atoms in total. The van der Waals surface area contributed by atoms with Crippen LogP contribution < -0.4 is 10.5 Å². The van der Waals surface area contributed by atoms with Gasteiger partial charge in [0.2, 0.25) is 0 Å². The molecule has 0 saturated heterocycles. The second-order valence-electron chi connectivity index (χ2n) is 5.07. The van der Waals surface area contributed by atoms with E-state index < -0.39 is 10.8 Å². The predicted molar refractivity (Wildman–Crippen MR) is 87.6 cm³/mol. The normalized spacial score (nSPS) is 12.1. The quantitative estimate of drug-likeness (QED) is 0.892. The molecule has 0 amide bonds. The van der Waals surface area contributed by atoms with Gasteiger partial charge in [-0.2, -0.15) is 0 Å². The van der Waals surface area contributed by atoms with Crippen molar-refractivity contribution in [1.29, 1.82) is 0 Å². The van der Waals surface area contributed by atoms with Gasteiger partial charge in [-0.05, 0) is 30.2 Å². The van der Waals surface area contributed by atoms with Gasteiger partial charge in [0.05, 0.1) is 12.9 Å². The van der Waals surface area contributed by atoms with Crippen molar-refractivity contribution in [2.75, 3.05) is 7.11 Å². The van der Waals surface area contributed by atoms with Gasteiger partial charge in [0.25, 0.3) is 0 Å². The smallest absolute Gasteiger partial charge is 0.123 e. The number of ether oxygens (including phenoxy) is 1. The Kier molecular flexibility index (Phi) is 5.53. The average Bonchev–Trinajstić information content (AvgIpc) is 2.47. The number of nitrogens with two attached hydrogens (primary N) is 1. The van der Waals surface area contributed by atoms with Gasteiger partial charge in [0.15, 0.2) is 0 Å². The summed E-state index contributed by atoms with van der Waals surface area (Å²) in [7, 11) is 0.656. The molecule has 0 saturated carbocycles. The van der Waals surface area contributed by atoms with E-state index in [0.717, 1.165) is 22.4 Å². The van der Waals surface area contributed by atoms with Crippen LogP contribution in [-0.4, -0.2) is 11.3 Å². The maximum Gasteiger partial charge on any atom is 0.123 e. The first-order chi connectivity index (χ1) is 10.1. The minimum absolute atomic E-state index is 0.474. The van der Waals surface area contributed by atoms with Crippen LogP contribution in [0.15, 0.2) is 42.5 Å². The number of hydrogen-bond acceptors (Lipinski definition) is 3. The van der Waals surface area contributed by atoms with Gasteiger partial charge in [0.1, 0.15) is 5.75 Å². The molecule has 0 aliphatic heterocycles. The summed E-state index contributed by atoms with van der Waals surface area (Å²) in [5.74, 6) is 1.80. The monoisotopic (exact) mass is 303 g/mol. The second-order valence-corrected chi connectivity index (χ2v) is 6.52. The van der Waals surface area contributed by atoms with Crippen molar-refractivity contribution in [1.82, 2.24) is 0 Å². The molecule has 2 aromatic carbocycles. The zero-order valence-electron chi connectivity index (χ0n) is 12.5. The molecule has 0 bridgehead atoms. The zero-order valence-corrected chi connectivity index (χ0v) is 13.3. The van der Waals surface area contributed by atoms with E-state index in [1.807, 2.05) is 43.3 Å². The summed E-state index contributed by atoms with van der Waals surface area (Å²) in [6.07, 6.45) is 0. The third kappa shape index (κ3) is 4.41. The third-order valence-electron chi connectivity index (χ3n) is 3.31. The van der Waals surface area contributed by atoms with E-state index in [-0.39, 0.29) is 0 Å². The Morgan fingerprint density at radius 1 is 1.10 bits per heavy atom. The van der Waals surface area contributed by atoms with Gasteiger partial charge in [-0.3, -0.25) is 4.21 Å². The largest absolute Gasteiger partial charge is 0.496 e. The Balaban J connectivity index is 2.12. The van der Waals surface area contributed by atoms with Crippen LogP contribution in [0.2, 0.25) is 0 Å². The zero-order chi connectivity index (χ0) is 15.2. The fourth-order valence-electron chi connectivity index (χ4n) is 2.28. The lowest BCUT2D eigenvalue weighted by atomic mass is 10.1. The summed E-state index contributed by atoms with van der Waals surface area (Å²) >= 11 is 0. The van der Waals surface area contributed by atoms with Crippen molar-refractivity contribution in [3.8, 4) is 5.75 Å². The summed E-state index contributed by atoms with van der Waals surface area (Å²) in [4.78, 5) is 0. The maximum absolute atomic E-state index is 12.4. The van der Waals surface area contributed by atoms with E-state index in [2.05, 4.69) is 6.07 Å². The summed E-state index contributed by atoms with van der Waals surface area (Å²) < 4.78 is 17.7. The molecule has 2 aromatic rings. The molecule has 1 unspecified atom stereocenters. The standard InChI is InChI=1S/C17H21NO2S/c1-13-4-3-5-15(8-13)11-21(19)12-16-9-14(10-18)6-7-17(16)20-2/h3-9H,10-12,18H2,1-2H3. The lowest BCUT2D eigenvalue weighted by molar-refractivity contribution is 0.411. The molecule has 0 radical (unpaired) electrons. The molecule has 0 aliphatic carbocycles. The fraction of sp³-hybridized carbons (Fsp3) is 0.294. The third-order valence-corrected chi connectivity index (χ3v) is 4.60. The van der Waals surface area contributed by atoms with Crippen molar-refractivity contribution >= 4 is 10.8 Å². The molecular weight excluding hydrogens is 282 g/mol. The molecule has 4 heteroatoms. The van der Waals surface area contributed by atoms with Crippen molar-refractivity contribution in [3.63, 3.8) is 0 Å². The number of benzene rings is 2. The highest BCUT2D eigenvalue weighted by Gasteiger charge is 2.09. The van der Waals surface area contributed by atoms with Gasteiger partial charge in [-0.1, -0.05) is 35.9 Å². The van der Waals surface area contributed by atoms with Crippen LogP contribution in [0.25, 0.3) is 0 Å². The summed E-state index contributed by atoms with van der Waals surface area (Å²) in [5, 5.41) is 0. The average molecular weight is 303 g/mol. The van der Waals surface area contributed by atoms with E-state index in [1.165, 1.54) is 5.56 Å². The Morgan fingerprint density at radius 2 is 1.90 bits per heavy atom. The Bertz CT molecular complexity index is 640. The van der Waals surface area contributed by atoms with Crippen molar-refractivity contribution in [2.45, 2.75) is 25.0 Å². The van der Waals surface area contributed by atoms with E-state index in [9.17, 15) is 4.21 Å². The lowest BCUT2D eigenvalue weighted by Crippen LogP contribution is -2.04. The van der Waals surface area contributed by atoms with E-state index in [1.54, 1.807) is 7.11 Å². The van der Waals surface area contributed by atoms with E-state index in [4.69, 9.17) is 10.5 Å². The van der Waals surface area contributed by atoms with Gasteiger partial charge in [-0.25, -0.2) is 0 Å². The number of aryl methyl sites for hydroxylation is 1. The summed E-state index contributed by atoms with van der Waals surface area (Å²) in [5.41, 5.74) is 9.93. The highest BCUT2D eigenvalue weighted by Crippen LogP contribution is 2.22. The van der Waals surface area contributed by atoms with Crippen LogP contribution >= 0.6 is 0 Å². The molecule has 2 rings (SSSR count). The fourth-order valence-corrected chi connectivity index (χ4v) is 3.51. The summed E-state index contributed by atoms with van der Waals surface area (Å²) in [6, 6.07) is 13.9. The van der Waals surface area contributed by atoms with Gasteiger partial charge < -0.3 is 10.5 Å². The number of methoxy groups -OCH3 is 1. The molecule has 2 N–H and O–H groups in total. The molecule has 0 fully saturated rings. The maximum atomic E-state index is 12.4. The molecule has 21 heavy (non-hydrogen) atoms. The molecule has 112 valence electrons. The molecular formula is C17H21NO2S. The molecule has 0 spiro atoms. The second kappa shape index (κ2) is 7.38. The topological polar surface area (TPSA) is 52.3 Å². The Morgan fingerprint density at radius 3 is 2.57 bits per heavy atom. The highest BCUT2D eigenvalue weighted by molar-refractivity contribution is 7.83. The van der Waals surface area contributed by atoms with Crippen LogP contribution in [0.3, 0.4) is 0 Å². The van der Waals surface area contributed by atoms with Crippen molar-refractivity contribution < 1.29 is 8.95 Å². The number of hydrogen-bond donors (Lipinski definition) is 1. The van der Waals surface area contributed by atoms with Crippen LogP contribution in [0.5, 0.6) is 5.75 Å². The molecule has 0 aliphatic rings. The van der Waals surface area contributed by atoms with Gasteiger partial charge in [0, 0.05) is 28.7 Å². The van der Waals surface area contributed by atoms with Gasteiger partial charge >= 0.3 is 0 Å². The van der Waals surface area contributed by atoms with Gasteiger partial charge in [-0.15, -0.1) is 0 Å². The molecule has 0 aromatic heterocycles. The molecule has 0 heterocycles. The van der Waals surface area contributed by atoms with Crippen LogP contribution in [-0.2, 0) is 28.9 Å². The first kappa shape index (κ1) is 15.7. The minimum Gasteiger partial charge on any atom is -0.496 e. The van der Waals surface area contributed by atoms with Crippen LogP contribution in [0.4, 0.5) is 0 Å². The van der Waals surface area contributed by atoms with Crippen molar-refractivity contribution in [2.24, 2.45) is 5.73 Å². The predicted octanol–water partition coefficient (Wildman–Crippen LogP) is 2.91. The molecule has 1 atom stereocenters. The highest BCUT2D eigenvalue weighted by atomic mass is 32.2. The lowest BCUT2D eigenvalue weighted by Gasteiger charge is -2.10. The number of rotatable bonds is 6. The SMILES string of the molecule is COc1ccc(CN)cc1CS(=O)Cc1cccc(C)c1.